The van der Waals surface area contributed by atoms with Gasteiger partial charge in [0.2, 0.25) is 0 Å². The highest BCUT2D eigenvalue weighted by molar-refractivity contribution is 6.32. The summed E-state index contributed by atoms with van der Waals surface area (Å²) in [6.07, 6.45) is 2.27. The summed E-state index contributed by atoms with van der Waals surface area (Å²) in [5.41, 5.74) is 7.63. The van der Waals surface area contributed by atoms with Crippen molar-refractivity contribution in [1.29, 1.82) is 0 Å². The van der Waals surface area contributed by atoms with Gasteiger partial charge in [0.15, 0.2) is 0 Å². The maximum atomic E-state index is 13.3. The number of hydrogen-bond acceptors (Lipinski definition) is 1. The smallest absolute Gasteiger partial charge is 0.127 e. The van der Waals surface area contributed by atoms with Crippen LogP contribution in [0.15, 0.2) is 12.1 Å². The molecule has 2 N–H and O–H groups in total. The first-order valence-electron chi connectivity index (χ1n) is 4.50. The van der Waals surface area contributed by atoms with Crippen molar-refractivity contribution < 1.29 is 4.39 Å². The zero-order valence-corrected chi connectivity index (χ0v) is 7.39. The van der Waals surface area contributed by atoms with Gasteiger partial charge in [-0.25, -0.2) is 4.39 Å². The van der Waals surface area contributed by atoms with Crippen LogP contribution in [0.2, 0.25) is 0 Å². The molecule has 1 saturated carbocycles. The van der Waals surface area contributed by atoms with Crippen LogP contribution >= 0.6 is 0 Å². The van der Waals surface area contributed by atoms with Crippen LogP contribution in [0, 0.1) is 5.82 Å². The second-order valence-corrected chi connectivity index (χ2v) is 3.55. The Morgan fingerprint density at radius 1 is 1.46 bits per heavy atom. The Morgan fingerprint density at radius 3 is 2.69 bits per heavy atom. The van der Waals surface area contributed by atoms with E-state index in [1.165, 1.54) is 6.07 Å². The average molecular weight is 175 g/mol. The molecular formula is C10H11BFN. The summed E-state index contributed by atoms with van der Waals surface area (Å²) >= 11 is 0. The van der Waals surface area contributed by atoms with Crippen LogP contribution in [0.5, 0.6) is 0 Å². The highest BCUT2D eigenvalue weighted by Crippen LogP contribution is 2.41. The van der Waals surface area contributed by atoms with Crippen LogP contribution in [-0.4, -0.2) is 7.85 Å². The monoisotopic (exact) mass is 175 g/mol. The Hall–Kier alpha value is -0.825. The number of nitrogens with two attached hydrogens (primary N) is 1. The van der Waals surface area contributed by atoms with E-state index in [0.717, 1.165) is 18.4 Å². The van der Waals surface area contributed by atoms with Gasteiger partial charge in [0.25, 0.3) is 0 Å². The van der Waals surface area contributed by atoms with Gasteiger partial charge in [0.05, 0.1) is 0 Å². The van der Waals surface area contributed by atoms with Gasteiger partial charge < -0.3 is 5.73 Å². The van der Waals surface area contributed by atoms with E-state index in [-0.39, 0.29) is 12.4 Å². The fourth-order valence-electron chi connectivity index (χ4n) is 1.65. The van der Waals surface area contributed by atoms with Gasteiger partial charge in [-0.15, -0.1) is 0 Å². The number of rotatable bonds is 2. The zero-order chi connectivity index (χ0) is 9.42. The summed E-state index contributed by atoms with van der Waals surface area (Å²) in [6.45, 7) is 0.262. The molecule has 0 bridgehead atoms. The largest absolute Gasteiger partial charge is 0.326 e. The van der Waals surface area contributed by atoms with E-state index in [1.807, 2.05) is 6.07 Å². The predicted molar refractivity (Wildman–Crippen MR) is 51.7 cm³/mol. The lowest BCUT2D eigenvalue weighted by atomic mass is 9.90. The first-order chi connectivity index (χ1) is 6.22. The van der Waals surface area contributed by atoms with Crippen molar-refractivity contribution in [3.8, 4) is 0 Å². The molecule has 0 aliphatic heterocycles. The van der Waals surface area contributed by atoms with Crippen LogP contribution in [0.1, 0.15) is 29.9 Å². The van der Waals surface area contributed by atoms with Crippen molar-refractivity contribution in [3.05, 3.63) is 29.1 Å². The molecule has 0 unspecified atom stereocenters. The molecule has 0 spiro atoms. The molecule has 0 atom stereocenters. The lowest BCUT2D eigenvalue weighted by molar-refractivity contribution is 0.608. The normalized spacial score (nSPS) is 16.2. The fourth-order valence-corrected chi connectivity index (χ4v) is 1.65. The maximum Gasteiger partial charge on any atom is 0.127 e. The number of benzene rings is 1. The first-order valence-corrected chi connectivity index (χ1v) is 4.50. The van der Waals surface area contributed by atoms with E-state index in [4.69, 9.17) is 13.6 Å². The molecule has 0 amide bonds. The number of halogens is 1. The van der Waals surface area contributed by atoms with Gasteiger partial charge in [0.1, 0.15) is 13.7 Å². The molecular weight excluding hydrogens is 164 g/mol. The Labute approximate surface area is 78.5 Å². The Kier molecular flexibility index (Phi) is 2.12. The van der Waals surface area contributed by atoms with Crippen molar-refractivity contribution in [2.24, 2.45) is 5.73 Å². The zero-order valence-electron chi connectivity index (χ0n) is 7.39. The fraction of sp³-hybridized carbons (Fsp3) is 0.400. The standard InChI is InChI=1S/C10H11BFN/c11-7-3-8(6-1-2-6)9(5-13)10(12)4-7/h3-4,6H,1-2,5,13H2. The number of hydrogen-bond donors (Lipinski definition) is 1. The van der Waals surface area contributed by atoms with Crippen molar-refractivity contribution in [1.82, 2.24) is 0 Å². The molecule has 1 nitrogen and oxygen atoms in total. The minimum atomic E-state index is -0.260. The molecule has 1 fully saturated rings. The summed E-state index contributed by atoms with van der Waals surface area (Å²) in [5.74, 6) is 0.237. The minimum absolute atomic E-state index is 0.260. The minimum Gasteiger partial charge on any atom is -0.326 e. The van der Waals surface area contributed by atoms with Crippen molar-refractivity contribution in [2.75, 3.05) is 0 Å². The van der Waals surface area contributed by atoms with Crippen molar-refractivity contribution in [2.45, 2.75) is 25.3 Å². The molecule has 1 aromatic rings. The molecule has 2 radical (unpaired) electrons. The summed E-state index contributed by atoms with van der Waals surface area (Å²) in [7, 11) is 5.57. The van der Waals surface area contributed by atoms with Crippen LogP contribution in [0.4, 0.5) is 4.39 Å². The van der Waals surface area contributed by atoms with Gasteiger partial charge in [-0.3, -0.25) is 0 Å². The second kappa shape index (κ2) is 3.15. The van der Waals surface area contributed by atoms with Gasteiger partial charge in [-0.2, -0.15) is 0 Å². The lowest BCUT2D eigenvalue weighted by Gasteiger charge is -2.09. The van der Waals surface area contributed by atoms with Crippen molar-refractivity contribution >= 4 is 13.3 Å². The summed E-state index contributed by atoms with van der Waals surface area (Å²) in [4.78, 5) is 0. The predicted octanol–water partition coefficient (Wildman–Crippen LogP) is 0.956. The lowest BCUT2D eigenvalue weighted by Crippen LogP contribution is -2.11. The van der Waals surface area contributed by atoms with Gasteiger partial charge in [-0.05, 0) is 30.4 Å². The maximum absolute atomic E-state index is 13.3. The molecule has 2 rings (SSSR count). The molecule has 13 heavy (non-hydrogen) atoms. The Bertz CT molecular complexity index is 334. The summed E-state index contributed by atoms with van der Waals surface area (Å²) in [5, 5.41) is 0. The summed E-state index contributed by atoms with van der Waals surface area (Å²) in [6, 6.07) is 3.19. The van der Waals surface area contributed by atoms with Gasteiger partial charge in [0, 0.05) is 12.1 Å². The highest BCUT2D eigenvalue weighted by Gasteiger charge is 2.26. The SMILES string of the molecule is [B]c1cc(F)c(CN)c(C2CC2)c1. The molecule has 0 heterocycles. The van der Waals surface area contributed by atoms with E-state index in [9.17, 15) is 4.39 Å². The molecule has 1 aliphatic carbocycles. The average Bonchev–Trinajstić information content (AvgIpc) is 2.85. The van der Waals surface area contributed by atoms with Crippen molar-refractivity contribution in [3.63, 3.8) is 0 Å². The third-order valence-corrected chi connectivity index (χ3v) is 2.47. The summed E-state index contributed by atoms with van der Waals surface area (Å²) < 4.78 is 13.3. The van der Waals surface area contributed by atoms with Gasteiger partial charge >= 0.3 is 0 Å². The van der Waals surface area contributed by atoms with E-state index in [2.05, 4.69) is 0 Å². The molecule has 66 valence electrons. The van der Waals surface area contributed by atoms with Crippen LogP contribution in [-0.2, 0) is 6.54 Å². The molecule has 3 heteroatoms. The van der Waals surface area contributed by atoms with Crippen LogP contribution < -0.4 is 11.2 Å². The second-order valence-electron chi connectivity index (χ2n) is 3.55. The molecule has 0 saturated heterocycles. The Morgan fingerprint density at radius 2 is 2.15 bits per heavy atom. The third-order valence-electron chi connectivity index (χ3n) is 2.47. The third kappa shape index (κ3) is 1.61. The van der Waals surface area contributed by atoms with E-state index < -0.39 is 0 Å². The van der Waals surface area contributed by atoms with Gasteiger partial charge in [-0.1, -0.05) is 11.5 Å². The molecule has 1 aliphatic rings. The van der Waals surface area contributed by atoms with E-state index in [1.54, 1.807) is 0 Å². The Balaban J connectivity index is 2.50. The molecule has 1 aromatic carbocycles. The van der Waals surface area contributed by atoms with Crippen LogP contribution in [0.3, 0.4) is 0 Å². The quantitative estimate of drug-likeness (QED) is 0.665. The highest BCUT2D eigenvalue weighted by atomic mass is 19.1. The van der Waals surface area contributed by atoms with E-state index in [0.29, 0.717) is 16.9 Å². The topological polar surface area (TPSA) is 26.0 Å². The first kappa shape index (κ1) is 8.76. The van der Waals surface area contributed by atoms with Crippen LogP contribution in [0.25, 0.3) is 0 Å². The van der Waals surface area contributed by atoms with E-state index >= 15 is 0 Å². The molecule has 0 aromatic heterocycles.